The Kier molecular flexibility index (Phi) is 3.04. The van der Waals surface area contributed by atoms with E-state index < -0.39 is 0 Å². The maximum atomic E-state index is 8.97. The van der Waals surface area contributed by atoms with Gasteiger partial charge in [-0.05, 0) is 17.7 Å². The maximum absolute atomic E-state index is 8.97. The summed E-state index contributed by atoms with van der Waals surface area (Å²) >= 11 is 11.7. The highest BCUT2D eigenvalue weighted by atomic mass is 35.5. The summed E-state index contributed by atoms with van der Waals surface area (Å²) in [4.78, 5) is 7.78. The first-order chi connectivity index (χ1) is 7.72. The van der Waals surface area contributed by atoms with Crippen molar-refractivity contribution in [3.8, 4) is 17.3 Å². The number of aromatic nitrogens is 2. The lowest BCUT2D eigenvalue weighted by atomic mass is 10.1. The van der Waals surface area contributed by atoms with Gasteiger partial charge in [0.1, 0.15) is 0 Å². The lowest BCUT2D eigenvalue weighted by Gasteiger charge is -2.04. The van der Waals surface area contributed by atoms with Crippen LogP contribution in [0.2, 0.25) is 10.3 Å². The number of nitriles is 1. The van der Waals surface area contributed by atoms with E-state index in [1.165, 1.54) is 6.20 Å². The van der Waals surface area contributed by atoms with E-state index in [4.69, 9.17) is 28.5 Å². The molecule has 3 nitrogen and oxygen atoms in total. The van der Waals surface area contributed by atoms with Gasteiger partial charge in [0.25, 0.3) is 0 Å². The second kappa shape index (κ2) is 4.48. The zero-order valence-corrected chi connectivity index (χ0v) is 9.50. The van der Waals surface area contributed by atoms with Crippen LogP contribution in [0.3, 0.4) is 0 Å². The zero-order chi connectivity index (χ0) is 11.5. The Bertz CT molecular complexity index is 576. The smallest absolute Gasteiger partial charge is 0.222 e. The number of nitrogens with zero attached hydrogens (tertiary/aromatic N) is 3. The minimum Gasteiger partial charge on any atom is -0.225 e. The van der Waals surface area contributed by atoms with E-state index in [1.807, 2.05) is 6.07 Å². The van der Waals surface area contributed by atoms with Gasteiger partial charge < -0.3 is 0 Å². The predicted octanol–water partition coefficient (Wildman–Crippen LogP) is 3.32. The Balaban J connectivity index is 2.68. The summed E-state index contributed by atoms with van der Waals surface area (Å²) in [5.74, 6) is 0. The number of hydrogen-bond acceptors (Lipinski definition) is 3. The third-order valence-corrected chi connectivity index (χ3v) is 2.48. The fourth-order valence-corrected chi connectivity index (χ4v) is 1.65. The Labute approximate surface area is 102 Å². The summed E-state index contributed by atoms with van der Waals surface area (Å²) in [5.41, 5.74) is 1.62. The summed E-state index contributed by atoms with van der Waals surface area (Å²) in [6.07, 6.45) is 1.42. The molecule has 1 heterocycles. The van der Waals surface area contributed by atoms with Crippen LogP contribution in [-0.4, -0.2) is 9.97 Å². The molecule has 0 radical (unpaired) electrons. The maximum Gasteiger partial charge on any atom is 0.222 e. The van der Waals surface area contributed by atoms with Gasteiger partial charge in [-0.25, -0.2) is 9.97 Å². The third-order valence-electron chi connectivity index (χ3n) is 2.02. The molecule has 2 aromatic rings. The molecule has 0 N–H and O–H groups in total. The second-order valence-corrected chi connectivity index (χ2v) is 3.74. The van der Waals surface area contributed by atoms with Gasteiger partial charge in [0, 0.05) is 5.56 Å². The van der Waals surface area contributed by atoms with Crippen LogP contribution in [0, 0.1) is 11.3 Å². The van der Waals surface area contributed by atoms with E-state index >= 15 is 0 Å². The average Bonchev–Trinajstić information content (AvgIpc) is 2.32. The monoisotopic (exact) mass is 249 g/mol. The Morgan fingerprint density at radius 3 is 2.69 bits per heavy atom. The van der Waals surface area contributed by atoms with E-state index in [0.717, 1.165) is 0 Å². The van der Waals surface area contributed by atoms with Gasteiger partial charge in [0.05, 0.1) is 28.5 Å². The van der Waals surface area contributed by atoms with Gasteiger partial charge in [-0.1, -0.05) is 29.8 Å². The van der Waals surface area contributed by atoms with Crippen LogP contribution in [0.1, 0.15) is 5.56 Å². The van der Waals surface area contributed by atoms with Gasteiger partial charge in [-0.15, -0.1) is 0 Å². The third kappa shape index (κ3) is 1.99. The van der Waals surface area contributed by atoms with Crippen LogP contribution in [0.5, 0.6) is 0 Å². The van der Waals surface area contributed by atoms with Crippen molar-refractivity contribution in [2.24, 2.45) is 0 Å². The molecule has 2 rings (SSSR count). The Morgan fingerprint density at radius 2 is 1.94 bits per heavy atom. The fourth-order valence-electron chi connectivity index (χ4n) is 1.32. The minimum atomic E-state index is 0.104. The first-order valence-electron chi connectivity index (χ1n) is 4.40. The first kappa shape index (κ1) is 10.9. The molecule has 0 aliphatic heterocycles. The molecule has 0 spiro atoms. The normalized spacial score (nSPS) is 9.81. The molecule has 16 heavy (non-hydrogen) atoms. The van der Waals surface area contributed by atoms with Crippen molar-refractivity contribution in [3.63, 3.8) is 0 Å². The van der Waals surface area contributed by atoms with Crippen molar-refractivity contribution in [2.45, 2.75) is 0 Å². The van der Waals surface area contributed by atoms with Crippen LogP contribution in [0.15, 0.2) is 30.5 Å². The molecule has 0 amide bonds. The molecule has 1 aromatic heterocycles. The van der Waals surface area contributed by atoms with Gasteiger partial charge >= 0.3 is 0 Å². The fraction of sp³-hybridized carbons (Fsp3) is 0. The van der Waals surface area contributed by atoms with E-state index in [2.05, 4.69) is 16.0 Å². The van der Waals surface area contributed by atoms with Crippen LogP contribution < -0.4 is 0 Å². The number of rotatable bonds is 1. The molecule has 0 bridgehead atoms. The van der Waals surface area contributed by atoms with Gasteiger partial charge in [-0.2, -0.15) is 5.26 Å². The van der Waals surface area contributed by atoms with Crippen molar-refractivity contribution in [1.82, 2.24) is 9.97 Å². The molecule has 0 aliphatic carbocycles. The molecular formula is C11H5Cl2N3. The number of hydrogen-bond donors (Lipinski definition) is 0. The van der Waals surface area contributed by atoms with E-state index in [9.17, 15) is 0 Å². The van der Waals surface area contributed by atoms with E-state index in [-0.39, 0.29) is 5.28 Å². The quantitative estimate of drug-likeness (QED) is 0.729. The average molecular weight is 250 g/mol. The van der Waals surface area contributed by atoms with Crippen LogP contribution >= 0.6 is 23.2 Å². The van der Waals surface area contributed by atoms with Gasteiger partial charge in [-0.3, -0.25) is 0 Å². The Morgan fingerprint density at radius 1 is 1.19 bits per heavy atom. The standard InChI is InChI=1S/C11H5Cl2N3/c12-9-6-15-11(13)16-10(9)8-4-2-1-3-7(8)5-14/h1-4,6H. The Hall–Kier alpha value is -1.63. The summed E-state index contributed by atoms with van der Waals surface area (Å²) in [6, 6.07) is 9.13. The largest absolute Gasteiger partial charge is 0.225 e. The highest BCUT2D eigenvalue weighted by Gasteiger charge is 2.10. The number of benzene rings is 1. The van der Waals surface area contributed by atoms with Crippen molar-refractivity contribution < 1.29 is 0 Å². The van der Waals surface area contributed by atoms with Crippen molar-refractivity contribution >= 4 is 23.2 Å². The van der Waals surface area contributed by atoms with Gasteiger partial charge in [0.15, 0.2) is 0 Å². The predicted molar refractivity (Wildman–Crippen MR) is 62.2 cm³/mol. The highest BCUT2D eigenvalue weighted by molar-refractivity contribution is 6.33. The lowest BCUT2D eigenvalue weighted by Crippen LogP contribution is -1.91. The molecule has 0 saturated carbocycles. The van der Waals surface area contributed by atoms with E-state index in [1.54, 1.807) is 18.2 Å². The van der Waals surface area contributed by atoms with Crippen molar-refractivity contribution in [1.29, 1.82) is 5.26 Å². The van der Waals surface area contributed by atoms with Gasteiger partial charge in [0.2, 0.25) is 5.28 Å². The molecule has 0 fully saturated rings. The minimum absolute atomic E-state index is 0.104. The summed E-state index contributed by atoms with van der Waals surface area (Å²) in [6.45, 7) is 0. The summed E-state index contributed by atoms with van der Waals surface area (Å²) in [5, 5.41) is 9.44. The van der Waals surface area contributed by atoms with Crippen molar-refractivity contribution in [3.05, 3.63) is 46.3 Å². The molecule has 0 atom stereocenters. The van der Waals surface area contributed by atoms with Crippen LogP contribution in [0.4, 0.5) is 0 Å². The first-order valence-corrected chi connectivity index (χ1v) is 5.15. The van der Waals surface area contributed by atoms with Crippen molar-refractivity contribution in [2.75, 3.05) is 0 Å². The molecule has 0 aliphatic rings. The SMILES string of the molecule is N#Cc1ccccc1-c1nc(Cl)ncc1Cl. The van der Waals surface area contributed by atoms with E-state index in [0.29, 0.717) is 21.8 Å². The molecule has 0 unspecified atom stereocenters. The summed E-state index contributed by atoms with van der Waals surface area (Å²) < 4.78 is 0. The molecule has 5 heteroatoms. The topological polar surface area (TPSA) is 49.6 Å². The number of halogens is 2. The lowest BCUT2D eigenvalue weighted by molar-refractivity contribution is 1.17. The summed E-state index contributed by atoms with van der Waals surface area (Å²) in [7, 11) is 0. The molecular weight excluding hydrogens is 245 g/mol. The van der Waals surface area contributed by atoms with Crippen LogP contribution in [-0.2, 0) is 0 Å². The molecule has 1 aromatic carbocycles. The zero-order valence-electron chi connectivity index (χ0n) is 7.98. The molecule has 0 saturated heterocycles. The second-order valence-electron chi connectivity index (χ2n) is 2.99. The van der Waals surface area contributed by atoms with Crippen LogP contribution in [0.25, 0.3) is 11.3 Å². The molecule has 78 valence electrons. The highest BCUT2D eigenvalue weighted by Crippen LogP contribution is 2.28.